The van der Waals surface area contributed by atoms with E-state index in [4.69, 9.17) is 11.6 Å². The molecule has 0 radical (unpaired) electrons. The fraction of sp³-hybridized carbons (Fsp3) is 0.500. The van der Waals surface area contributed by atoms with Crippen LogP contribution in [-0.2, 0) is 11.3 Å². The molecule has 0 aliphatic heterocycles. The van der Waals surface area contributed by atoms with E-state index in [0.717, 1.165) is 16.1 Å². The van der Waals surface area contributed by atoms with Crippen LogP contribution in [0, 0.1) is 6.92 Å². The molecule has 0 bridgehead atoms. The zero-order valence-electron chi connectivity index (χ0n) is 11.4. The van der Waals surface area contributed by atoms with Crippen molar-refractivity contribution in [3.05, 3.63) is 34.3 Å². The zero-order valence-corrected chi connectivity index (χ0v) is 12.1. The van der Waals surface area contributed by atoms with Gasteiger partial charge in [-0.2, -0.15) is 0 Å². The molecule has 0 fully saturated rings. The van der Waals surface area contributed by atoms with Crippen molar-refractivity contribution in [1.29, 1.82) is 0 Å². The van der Waals surface area contributed by atoms with Gasteiger partial charge in [0.15, 0.2) is 0 Å². The number of rotatable bonds is 5. The van der Waals surface area contributed by atoms with Crippen molar-refractivity contribution in [2.45, 2.75) is 46.3 Å². The molecule has 0 aliphatic carbocycles. The van der Waals surface area contributed by atoms with Crippen molar-refractivity contribution in [2.24, 2.45) is 0 Å². The molecule has 0 heterocycles. The number of hydrogen-bond acceptors (Lipinski definition) is 2. The highest BCUT2D eigenvalue weighted by atomic mass is 35.5. The minimum Gasteiger partial charge on any atom is -0.353 e. The van der Waals surface area contributed by atoms with E-state index in [0.29, 0.717) is 6.54 Å². The molecule has 0 spiro atoms. The summed E-state index contributed by atoms with van der Waals surface area (Å²) in [6, 6.07) is 5.74. The van der Waals surface area contributed by atoms with Gasteiger partial charge in [-0.25, -0.2) is 0 Å². The Morgan fingerprint density at radius 2 is 2.00 bits per heavy atom. The lowest BCUT2D eigenvalue weighted by molar-refractivity contribution is -0.123. The maximum Gasteiger partial charge on any atom is 0.237 e. The Hall–Kier alpha value is -1.06. The summed E-state index contributed by atoms with van der Waals surface area (Å²) in [7, 11) is 0. The van der Waals surface area contributed by atoms with Gasteiger partial charge in [-0.05, 0) is 51.0 Å². The highest BCUT2D eigenvalue weighted by Crippen LogP contribution is 2.15. The van der Waals surface area contributed by atoms with E-state index in [2.05, 4.69) is 10.6 Å². The highest BCUT2D eigenvalue weighted by Gasteiger charge is 2.13. The van der Waals surface area contributed by atoms with Crippen LogP contribution < -0.4 is 10.6 Å². The van der Waals surface area contributed by atoms with Crippen molar-refractivity contribution in [2.75, 3.05) is 0 Å². The smallest absolute Gasteiger partial charge is 0.237 e. The molecule has 100 valence electrons. The van der Waals surface area contributed by atoms with E-state index in [1.54, 1.807) is 0 Å². The summed E-state index contributed by atoms with van der Waals surface area (Å²) in [5.74, 6) is 0.0246. The molecular weight excluding hydrogens is 248 g/mol. The predicted molar refractivity (Wildman–Crippen MR) is 75.8 cm³/mol. The first-order valence-corrected chi connectivity index (χ1v) is 6.56. The van der Waals surface area contributed by atoms with Crippen molar-refractivity contribution in [3.8, 4) is 0 Å². The maximum absolute atomic E-state index is 11.7. The normalized spacial score (nSPS) is 12.6. The molecule has 1 aromatic carbocycles. The average Bonchev–Trinajstić information content (AvgIpc) is 2.26. The van der Waals surface area contributed by atoms with E-state index < -0.39 is 0 Å². The molecular formula is C14H21ClN2O. The number of amides is 1. The van der Waals surface area contributed by atoms with E-state index in [9.17, 15) is 4.79 Å². The number of aryl methyl sites for hydroxylation is 1. The molecule has 0 aromatic heterocycles. The van der Waals surface area contributed by atoms with E-state index in [1.807, 2.05) is 45.9 Å². The first-order chi connectivity index (χ1) is 8.40. The molecule has 0 aliphatic rings. The molecule has 1 amide bonds. The summed E-state index contributed by atoms with van der Waals surface area (Å²) in [6.07, 6.45) is 0. The van der Waals surface area contributed by atoms with Crippen LogP contribution in [0.15, 0.2) is 18.2 Å². The van der Waals surface area contributed by atoms with Gasteiger partial charge in [-0.1, -0.05) is 17.7 Å². The molecule has 1 unspecified atom stereocenters. The first-order valence-electron chi connectivity index (χ1n) is 6.19. The maximum atomic E-state index is 11.7. The number of benzene rings is 1. The van der Waals surface area contributed by atoms with Crippen LogP contribution in [-0.4, -0.2) is 18.0 Å². The van der Waals surface area contributed by atoms with Crippen molar-refractivity contribution >= 4 is 17.5 Å². The number of carbonyl (C=O) groups excluding carboxylic acids is 1. The van der Waals surface area contributed by atoms with E-state index >= 15 is 0 Å². The lowest BCUT2D eigenvalue weighted by Gasteiger charge is -2.16. The highest BCUT2D eigenvalue weighted by molar-refractivity contribution is 6.30. The third-order valence-corrected chi connectivity index (χ3v) is 2.96. The van der Waals surface area contributed by atoms with Gasteiger partial charge in [0, 0.05) is 17.6 Å². The largest absolute Gasteiger partial charge is 0.353 e. The van der Waals surface area contributed by atoms with Gasteiger partial charge in [0.05, 0.1) is 6.04 Å². The minimum absolute atomic E-state index is 0.0246. The fourth-order valence-corrected chi connectivity index (χ4v) is 1.85. The summed E-state index contributed by atoms with van der Waals surface area (Å²) in [5, 5.41) is 6.83. The average molecular weight is 269 g/mol. The topological polar surface area (TPSA) is 41.1 Å². The molecule has 1 atom stereocenters. The van der Waals surface area contributed by atoms with Crippen molar-refractivity contribution in [3.63, 3.8) is 0 Å². The number of halogens is 1. The molecule has 18 heavy (non-hydrogen) atoms. The summed E-state index contributed by atoms with van der Waals surface area (Å²) in [5.41, 5.74) is 2.29. The summed E-state index contributed by atoms with van der Waals surface area (Å²) < 4.78 is 0. The van der Waals surface area contributed by atoms with Crippen LogP contribution in [0.2, 0.25) is 5.02 Å². The second-order valence-corrected chi connectivity index (χ2v) is 5.27. The van der Waals surface area contributed by atoms with Crippen LogP contribution in [0.1, 0.15) is 31.9 Å². The van der Waals surface area contributed by atoms with Crippen LogP contribution in [0.4, 0.5) is 0 Å². The Bertz CT molecular complexity index is 418. The molecule has 0 saturated carbocycles. The van der Waals surface area contributed by atoms with Crippen molar-refractivity contribution < 1.29 is 4.79 Å². The molecule has 0 saturated heterocycles. The molecule has 1 aromatic rings. The fourth-order valence-electron chi connectivity index (χ4n) is 1.62. The van der Waals surface area contributed by atoms with Crippen LogP contribution >= 0.6 is 11.6 Å². The number of nitrogens with one attached hydrogen (secondary N) is 2. The third kappa shape index (κ3) is 4.67. The standard InChI is InChI=1S/C14H21ClN2O/c1-9(2)17-14(18)11(4)16-8-12-5-6-13(15)7-10(12)3/h5-7,9,11,16H,8H2,1-4H3,(H,17,18). The Morgan fingerprint density at radius 3 is 2.56 bits per heavy atom. The third-order valence-electron chi connectivity index (χ3n) is 2.73. The molecule has 3 nitrogen and oxygen atoms in total. The van der Waals surface area contributed by atoms with Crippen LogP contribution in [0.3, 0.4) is 0 Å². The Balaban J connectivity index is 2.52. The van der Waals surface area contributed by atoms with E-state index in [1.165, 1.54) is 0 Å². The van der Waals surface area contributed by atoms with Gasteiger partial charge in [0.2, 0.25) is 5.91 Å². The first kappa shape index (κ1) is 15.0. The predicted octanol–water partition coefficient (Wildman–Crippen LogP) is 2.65. The van der Waals surface area contributed by atoms with Gasteiger partial charge in [0.1, 0.15) is 0 Å². The van der Waals surface area contributed by atoms with Gasteiger partial charge in [-0.15, -0.1) is 0 Å². The van der Waals surface area contributed by atoms with Gasteiger partial charge in [0.25, 0.3) is 0 Å². The molecule has 4 heteroatoms. The van der Waals surface area contributed by atoms with Gasteiger partial charge < -0.3 is 10.6 Å². The van der Waals surface area contributed by atoms with Crippen molar-refractivity contribution in [1.82, 2.24) is 10.6 Å². The minimum atomic E-state index is -0.206. The second kappa shape index (κ2) is 6.76. The number of carbonyl (C=O) groups is 1. The number of hydrogen-bond donors (Lipinski definition) is 2. The lowest BCUT2D eigenvalue weighted by Crippen LogP contribution is -2.44. The Morgan fingerprint density at radius 1 is 1.33 bits per heavy atom. The quantitative estimate of drug-likeness (QED) is 0.862. The monoisotopic (exact) mass is 268 g/mol. The second-order valence-electron chi connectivity index (χ2n) is 4.84. The Kier molecular flexibility index (Phi) is 5.63. The zero-order chi connectivity index (χ0) is 13.7. The van der Waals surface area contributed by atoms with E-state index in [-0.39, 0.29) is 18.0 Å². The van der Waals surface area contributed by atoms with Gasteiger partial charge in [-0.3, -0.25) is 4.79 Å². The molecule has 1 rings (SSSR count). The van der Waals surface area contributed by atoms with Crippen LogP contribution in [0.25, 0.3) is 0 Å². The Labute approximate surface area is 114 Å². The lowest BCUT2D eigenvalue weighted by atomic mass is 10.1. The molecule has 2 N–H and O–H groups in total. The summed E-state index contributed by atoms with van der Waals surface area (Å²) >= 11 is 5.90. The SMILES string of the molecule is Cc1cc(Cl)ccc1CNC(C)C(=O)NC(C)C. The van der Waals surface area contributed by atoms with Crippen LogP contribution in [0.5, 0.6) is 0 Å². The summed E-state index contributed by atoms with van der Waals surface area (Å²) in [6.45, 7) is 8.45. The van der Waals surface area contributed by atoms with Gasteiger partial charge >= 0.3 is 0 Å². The summed E-state index contributed by atoms with van der Waals surface area (Å²) in [4.78, 5) is 11.7.